The maximum atomic E-state index is 5.77. The van der Waals surface area contributed by atoms with Crippen LogP contribution in [0.25, 0.3) is 43.1 Å². The van der Waals surface area contributed by atoms with Crippen LogP contribution in [0.3, 0.4) is 0 Å². The fourth-order valence-electron chi connectivity index (χ4n) is 4.10. The van der Waals surface area contributed by atoms with Crippen LogP contribution in [0.1, 0.15) is 0 Å². The quantitative estimate of drug-likeness (QED) is 0.303. The lowest BCUT2D eigenvalue weighted by atomic mass is 9.96. The standard InChI is InChI=1S/C21H16N2O2/c1-24-17-9-8-12-13-7-6-11-4-3-5-14-18(11)19(13)16(20(14)23-22)10-15(12)21(17)25-2/h3-10H,22H2,1-2H3/b23-20+. The molecule has 0 amide bonds. The van der Waals surface area contributed by atoms with Gasteiger partial charge < -0.3 is 15.3 Å². The summed E-state index contributed by atoms with van der Waals surface area (Å²) in [7, 11) is 3.31. The highest BCUT2D eigenvalue weighted by Crippen LogP contribution is 2.43. The fraction of sp³-hybridized carbons (Fsp3) is 0.0952. The van der Waals surface area contributed by atoms with Gasteiger partial charge in [0, 0.05) is 21.5 Å². The molecule has 5 aromatic rings. The van der Waals surface area contributed by atoms with Gasteiger partial charge in [-0.3, -0.25) is 0 Å². The lowest BCUT2D eigenvalue weighted by Crippen LogP contribution is -2.03. The normalized spacial score (nSPS) is 12.8. The second-order valence-electron chi connectivity index (χ2n) is 6.19. The van der Waals surface area contributed by atoms with E-state index in [0.717, 1.165) is 32.7 Å². The number of rotatable bonds is 2. The molecule has 0 heterocycles. The first-order valence-electron chi connectivity index (χ1n) is 8.10. The van der Waals surface area contributed by atoms with Crippen molar-refractivity contribution in [1.82, 2.24) is 0 Å². The molecular formula is C21H16N2O2. The van der Waals surface area contributed by atoms with Gasteiger partial charge in [0.2, 0.25) is 0 Å². The molecule has 25 heavy (non-hydrogen) atoms. The minimum Gasteiger partial charge on any atom is -0.493 e. The maximum absolute atomic E-state index is 5.77. The summed E-state index contributed by atoms with van der Waals surface area (Å²) in [6.07, 6.45) is 0. The zero-order valence-corrected chi connectivity index (χ0v) is 14.0. The Morgan fingerprint density at radius 3 is 2.36 bits per heavy atom. The van der Waals surface area contributed by atoms with E-state index >= 15 is 0 Å². The van der Waals surface area contributed by atoms with Gasteiger partial charge in [-0.2, -0.15) is 5.10 Å². The molecule has 0 saturated heterocycles. The van der Waals surface area contributed by atoms with E-state index in [1.54, 1.807) is 14.2 Å². The first-order valence-corrected chi connectivity index (χ1v) is 8.10. The van der Waals surface area contributed by atoms with Crippen molar-refractivity contribution < 1.29 is 9.47 Å². The number of hydrogen-bond acceptors (Lipinski definition) is 4. The van der Waals surface area contributed by atoms with Crippen molar-refractivity contribution in [2.45, 2.75) is 0 Å². The average Bonchev–Trinajstić information content (AvgIpc) is 2.98. The molecule has 5 aromatic carbocycles. The summed E-state index contributed by atoms with van der Waals surface area (Å²) >= 11 is 0. The third-order valence-corrected chi connectivity index (χ3v) is 5.12. The molecule has 5 rings (SSSR count). The monoisotopic (exact) mass is 328 g/mol. The molecule has 0 aliphatic rings. The van der Waals surface area contributed by atoms with Crippen LogP contribution in [-0.2, 0) is 0 Å². The van der Waals surface area contributed by atoms with Gasteiger partial charge in [-0.15, -0.1) is 0 Å². The highest BCUT2D eigenvalue weighted by atomic mass is 16.5. The minimum atomic E-state index is 0.712. The van der Waals surface area contributed by atoms with E-state index in [2.05, 4.69) is 41.5 Å². The first-order chi connectivity index (χ1) is 12.3. The molecule has 0 aliphatic heterocycles. The maximum Gasteiger partial charge on any atom is 0.168 e. The van der Waals surface area contributed by atoms with Gasteiger partial charge in [-0.1, -0.05) is 30.3 Å². The van der Waals surface area contributed by atoms with Crippen molar-refractivity contribution in [3.8, 4) is 11.5 Å². The van der Waals surface area contributed by atoms with Crippen molar-refractivity contribution in [1.29, 1.82) is 0 Å². The number of hydrogen-bond donors (Lipinski definition) is 1. The van der Waals surface area contributed by atoms with Crippen LogP contribution in [0.15, 0.2) is 53.6 Å². The Kier molecular flexibility index (Phi) is 2.74. The van der Waals surface area contributed by atoms with E-state index in [1.807, 2.05) is 12.1 Å². The Morgan fingerprint density at radius 1 is 0.760 bits per heavy atom. The van der Waals surface area contributed by atoms with Crippen molar-refractivity contribution in [2.24, 2.45) is 10.9 Å². The van der Waals surface area contributed by atoms with E-state index < -0.39 is 0 Å². The molecule has 122 valence electrons. The summed E-state index contributed by atoms with van der Waals surface area (Å²) in [4.78, 5) is 0. The van der Waals surface area contributed by atoms with Crippen LogP contribution in [0, 0.1) is 0 Å². The predicted octanol–water partition coefficient (Wildman–Crippen LogP) is 3.97. The lowest BCUT2D eigenvalue weighted by Gasteiger charge is -2.13. The first kappa shape index (κ1) is 14.1. The molecule has 0 aliphatic carbocycles. The second kappa shape index (κ2) is 4.86. The molecule has 0 fully saturated rings. The van der Waals surface area contributed by atoms with Gasteiger partial charge in [0.05, 0.1) is 19.6 Å². The van der Waals surface area contributed by atoms with Crippen LogP contribution >= 0.6 is 0 Å². The predicted molar refractivity (Wildman–Crippen MR) is 102 cm³/mol. The lowest BCUT2D eigenvalue weighted by molar-refractivity contribution is 0.358. The van der Waals surface area contributed by atoms with Gasteiger partial charge in [-0.05, 0) is 39.7 Å². The van der Waals surface area contributed by atoms with E-state index in [9.17, 15) is 0 Å². The molecule has 0 radical (unpaired) electrons. The molecular weight excluding hydrogens is 312 g/mol. The van der Waals surface area contributed by atoms with Crippen LogP contribution < -0.4 is 20.7 Å². The number of methoxy groups -OCH3 is 2. The largest absolute Gasteiger partial charge is 0.493 e. The van der Waals surface area contributed by atoms with Gasteiger partial charge >= 0.3 is 0 Å². The topological polar surface area (TPSA) is 56.8 Å². The molecule has 0 aromatic heterocycles. The SMILES string of the molecule is COc1ccc2c(cc3/c(=N/N)c4cccc5ccc2c3c54)c1OC. The molecule has 0 bridgehead atoms. The Hall–Kier alpha value is -3.27. The van der Waals surface area contributed by atoms with Crippen molar-refractivity contribution >= 4 is 43.1 Å². The minimum absolute atomic E-state index is 0.712. The summed E-state index contributed by atoms with van der Waals surface area (Å²) in [6, 6.07) is 16.7. The van der Waals surface area contributed by atoms with E-state index in [-0.39, 0.29) is 0 Å². The Labute approximate surface area is 143 Å². The van der Waals surface area contributed by atoms with E-state index in [1.165, 1.54) is 21.5 Å². The van der Waals surface area contributed by atoms with Gasteiger partial charge in [-0.25, -0.2) is 0 Å². The third-order valence-electron chi connectivity index (χ3n) is 5.12. The van der Waals surface area contributed by atoms with Crippen molar-refractivity contribution in [2.75, 3.05) is 14.2 Å². The van der Waals surface area contributed by atoms with E-state index in [4.69, 9.17) is 15.3 Å². The van der Waals surface area contributed by atoms with Crippen molar-refractivity contribution in [3.05, 3.63) is 53.9 Å². The fourth-order valence-corrected chi connectivity index (χ4v) is 4.10. The molecule has 0 spiro atoms. The molecule has 0 saturated carbocycles. The summed E-state index contributed by atoms with van der Waals surface area (Å²) in [5.41, 5.74) is 0. The van der Waals surface area contributed by atoms with Gasteiger partial charge in [0.15, 0.2) is 11.5 Å². The zero-order chi connectivity index (χ0) is 17.1. The number of nitrogens with zero attached hydrogens (tertiary/aromatic N) is 1. The number of ether oxygens (including phenoxy) is 2. The molecule has 4 heteroatoms. The molecule has 4 nitrogen and oxygen atoms in total. The highest BCUT2D eigenvalue weighted by Gasteiger charge is 2.18. The Balaban J connectivity index is 2.16. The van der Waals surface area contributed by atoms with Gasteiger partial charge in [0.25, 0.3) is 0 Å². The molecule has 0 unspecified atom stereocenters. The molecule has 2 N–H and O–H groups in total. The summed E-state index contributed by atoms with van der Waals surface area (Å²) in [5, 5.41) is 14.0. The summed E-state index contributed by atoms with van der Waals surface area (Å²) in [6.45, 7) is 0. The second-order valence-corrected chi connectivity index (χ2v) is 6.19. The smallest absolute Gasteiger partial charge is 0.168 e. The van der Waals surface area contributed by atoms with Crippen LogP contribution in [-0.4, -0.2) is 14.2 Å². The van der Waals surface area contributed by atoms with Crippen LogP contribution in [0.4, 0.5) is 0 Å². The highest BCUT2D eigenvalue weighted by molar-refractivity contribution is 6.31. The number of nitrogens with two attached hydrogens (primary N) is 1. The summed E-state index contributed by atoms with van der Waals surface area (Å²) in [5.74, 6) is 7.21. The zero-order valence-electron chi connectivity index (χ0n) is 14.0. The third kappa shape index (κ3) is 1.63. The van der Waals surface area contributed by atoms with Gasteiger partial charge in [0.1, 0.15) is 0 Å². The number of fused-ring (bicyclic) bond motifs is 2. The van der Waals surface area contributed by atoms with Crippen molar-refractivity contribution in [3.63, 3.8) is 0 Å². The number of benzene rings is 4. The van der Waals surface area contributed by atoms with Crippen LogP contribution in [0.2, 0.25) is 0 Å². The average molecular weight is 328 g/mol. The van der Waals surface area contributed by atoms with Crippen LogP contribution in [0.5, 0.6) is 11.5 Å². The molecule has 0 atom stereocenters. The van der Waals surface area contributed by atoms with E-state index in [0.29, 0.717) is 5.75 Å². The Morgan fingerprint density at radius 2 is 1.60 bits per heavy atom. The Bertz CT molecular complexity index is 1320. The summed E-state index contributed by atoms with van der Waals surface area (Å²) < 4.78 is 11.1.